The lowest BCUT2D eigenvalue weighted by Crippen LogP contribution is -2.08. The van der Waals surface area contributed by atoms with E-state index in [1.165, 1.54) is 23.5 Å². The summed E-state index contributed by atoms with van der Waals surface area (Å²) in [5, 5.41) is 13.4. The molecule has 6 nitrogen and oxygen atoms in total. The standard InChI is InChI=1S/C16H12FN3O3S/c1-9-19-15(8-24-9)14-7-11(4-5-18-14)23-10-2-3-13(12(17)6-10)20-16(21)22/h2-8,20H,1H3,(H,21,22). The van der Waals surface area contributed by atoms with Crippen LogP contribution in [0.1, 0.15) is 5.01 Å². The summed E-state index contributed by atoms with van der Waals surface area (Å²) in [5.41, 5.74) is 1.26. The van der Waals surface area contributed by atoms with Crippen LogP contribution in [0.2, 0.25) is 0 Å². The third-order valence-corrected chi connectivity index (χ3v) is 3.80. The zero-order chi connectivity index (χ0) is 17.1. The number of carbonyl (C=O) groups is 1. The quantitative estimate of drug-likeness (QED) is 0.725. The van der Waals surface area contributed by atoms with E-state index < -0.39 is 11.9 Å². The fraction of sp³-hybridized carbons (Fsp3) is 0.0625. The second-order valence-corrected chi connectivity index (χ2v) is 5.86. The van der Waals surface area contributed by atoms with Crippen LogP contribution in [0, 0.1) is 12.7 Å². The Bertz CT molecular complexity index is 898. The molecule has 1 aromatic carbocycles. The molecule has 0 atom stereocenters. The minimum Gasteiger partial charge on any atom is -0.465 e. The summed E-state index contributed by atoms with van der Waals surface area (Å²) < 4.78 is 19.4. The number of ether oxygens (including phenoxy) is 1. The first-order valence-corrected chi connectivity index (χ1v) is 7.75. The maximum Gasteiger partial charge on any atom is 0.409 e. The molecular formula is C16H12FN3O3S. The minimum atomic E-state index is -1.33. The molecule has 2 aromatic heterocycles. The van der Waals surface area contributed by atoms with E-state index in [0.29, 0.717) is 11.4 Å². The van der Waals surface area contributed by atoms with Gasteiger partial charge in [0.1, 0.15) is 11.5 Å². The number of thiazole rings is 1. The van der Waals surface area contributed by atoms with Gasteiger partial charge in [-0.2, -0.15) is 0 Å². The average molecular weight is 345 g/mol. The van der Waals surface area contributed by atoms with E-state index in [2.05, 4.69) is 9.97 Å². The molecule has 0 saturated carbocycles. The molecule has 0 fully saturated rings. The Labute approximate surface area is 140 Å². The van der Waals surface area contributed by atoms with Crippen LogP contribution in [0.5, 0.6) is 11.5 Å². The number of rotatable bonds is 4. The zero-order valence-electron chi connectivity index (χ0n) is 12.5. The highest BCUT2D eigenvalue weighted by Gasteiger charge is 2.09. The third kappa shape index (κ3) is 3.66. The summed E-state index contributed by atoms with van der Waals surface area (Å²) in [6.07, 6.45) is 0.246. The van der Waals surface area contributed by atoms with E-state index in [9.17, 15) is 9.18 Å². The van der Waals surface area contributed by atoms with Gasteiger partial charge in [0.05, 0.1) is 22.1 Å². The molecule has 8 heteroatoms. The largest absolute Gasteiger partial charge is 0.465 e. The number of halogens is 1. The number of aryl methyl sites for hydroxylation is 1. The molecule has 24 heavy (non-hydrogen) atoms. The Morgan fingerprint density at radius 2 is 2.04 bits per heavy atom. The van der Waals surface area contributed by atoms with Crippen molar-refractivity contribution in [3.63, 3.8) is 0 Å². The first kappa shape index (κ1) is 15.9. The number of amides is 1. The van der Waals surface area contributed by atoms with Gasteiger partial charge in [-0.25, -0.2) is 14.2 Å². The molecule has 0 saturated heterocycles. The van der Waals surface area contributed by atoms with Crippen LogP contribution in [0.25, 0.3) is 11.4 Å². The summed E-state index contributed by atoms with van der Waals surface area (Å²) in [4.78, 5) is 19.2. The smallest absolute Gasteiger partial charge is 0.409 e. The van der Waals surface area contributed by atoms with Gasteiger partial charge in [-0.1, -0.05) is 0 Å². The molecule has 0 aliphatic heterocycles. The van der Waals surface area contributed by atoms with E-state index >= 15 is 0 Å². The first-order chi connectivity index (χ1) is 11.5. The highest BCUT2D eigenvalue weighted by molar-refractivity contribution is 7.09. The van der Waals surface area contributed by atoms with Crippen molar-refractivity contribution in [2.24, 2.45) is 0 Å². The molecule has 2 heterocycles. The van der Waals surface area contributed by atoms with Crippen LogP contribution < -0.4 is 10.1 Å². The van der Waals surface area contributed by atoms with E-state index in [1.807, 2.05) is 17.6 Å². The van der Waals surface area contributed by atoms with Crippen molar-refractivity contribution >= 4 is 23.1 Å². The average Bonchev–Trinajstić information content (AvgIpc) is 2.97. The molecule has 0 unspecified atom stereocenters. The Hall–Kier alpha value is -3.00. The molecule has 2 N–H and O–H groups in total. The van der Waals surface area contributed by atoms with Crippen molar-refractivity contribution in [3.8, 4) is 22.9 Å². The zero-order valence-corrected chi connectivity index (χ0v) is 13.3. The second-order valence-electron chi connectivity index (χ2n) is 4.80. The van der Waals surface area contributed by atoms with Crippen molar-refractivity contribution < 1.29 is 19.0 Å². The number of anilines is 1. The summed E-state index contributed by atoms with van der Waals surface area (Å²) in [6, 6.07) is 7.23. The fourth-order valence-electron chi connectivity index (χ4n) is 2.01. The molecule has 0 bridgehead atoms. The summed E-state index contributed by atoms with van der Waals surface area (Å²) in [7, 11) is 0. The van der Waals surface area contributed by atoms with Crippen LogP contribution in [-0.2, 0) is 0 Å². The van der Waals surface area contributed by atoms with Gasteiger partial charge in [-0.3, -0.25) is 10.3 Å². The van der Waals surface area contributed by atoms with Gasteiger partial charge in [0, 0.05) is 23.7 Å². The molecule has 122 valence electrons. The molecular weight excluding hydrogens is 333 g/mol. The van der Waals surface area contributed by atoms with E-state index in [-0.39, 0.29) is 11.4 Å². The topological polar surface area (TPSA) is 84.3 Å². The molecule has 0 aliphatic rings. The van der Waals surface area contributed by atoms with Gasteiger partial charge in [0.15, 0.2) is 5.82 Å². The van der Waals surface area contributed by atoms with Gasteiger partial charge >= 0.3 is 6.09 Å². The molecule has 0 radical (unpaired) electrons. The summed E-state index contributed by atoms with van der Waals surface area (Å²) >= 11 is 1.52. The number of pyridine rings is 1. The Kier molecular flexibility index (Phi) is 4.39. The second kappa shape index (κ2) is 6.63. The van der Waals surface area contributed by atoms with Crippen molar-refractivity contribution in [1.29, 1.82) is 0 Å². The highest BCUT2D eigenvalue weighted by atomic mass is 32.1. The van der Waals surface area contributed by atoms with Crippen LogP contribution in [0.3, 0.4) is 0 Å². The predicted octanol–water partition coefficient (Wildman–Crippen LogP) is 4.53. The minimum absolute atomic E-state index is 0.136. The van der Waals surface area contributed by atoms with Crippen LogP contribution in [0.15, 0.2) is 41.9 Å². The van der Waals surface area contributed by atoms with Gasteiger partial charge in [-0.05, 0) is 25.1 Å². The van der Waals surface area contributed by atoms with Crippen LogP contribution in [0.4, 0.5) is 14.9 Å². The number of hydrogen-bond donors (Lipinski definition) is 2. The molecule has 3 aromatic rings. The van der Waals surface area contributed by atoms with Crippen molar-refractivity contribution in [2.45, 2.75) is 6.92 Å². The maximum atomic E-state index is 13.8. The molecule has 0 spiro atoms. The lowest BCUT2D eigenvalue weighted by molar-refractivity contribution is 0.209. The predicted molar refractivity (Wildman–Crippen MR) is 88.2 cm³/mol. The van der Waals surface area contributed by atoms with Gasteiger partial charge in [-0.15, -0.1) is 11.3 Å². The number of nitrogens with one attached hydrogen (secondary N) is 1. The molecule has 3 rings (SSSR count). The third-order valence-electron chi connectivity index (χ3n) is 3.03. The maximum absolute atomic E-state index is 13.8. The number of aromatic nitrogens is 2. The number of carboxylic acid groups (broad SMARTS) is 1. The van der Waals surface area contributed by atoms with Gasteiger partial charge < -0.3 is 9.84 Å². The van der Waals surface area contributed by atoms with E-state index in [4.69, 9.17) is 9.84 Å². The van der Waals surface area contributed by atoms with Gasteiger partial charge in [0.2, 0.25) is 0 Å². The summed E-state index contributed by atoms with van der Waals surface area (Å²) in [6.45, 7) is 1.91. The fourth-order valence-corrected chi connectivity index (χ4v) is 2.61. The van der Waals surface area contributed by atoms with E-state index in [0.717, 1.165) is 16.8 Å². The Morgan fingerprint density at radius 1 is 1.25 bits per heavy atom. The Morgan fingerprint density at radius 3 is 2.71 bits per heavy atom. The summed E-state index contributed by atoms with van der Waals surface area (Å²) in [5.74, 6) is -0.00153. The van der Waals surface area contributed by atoms with Crippen LogP contribution >= 0.6 is 11.3 Å². The molecule has 1 amide bonds. The molecule has 0 aliphatic carbocycles. The number of hydrogen-bond acceptors (Lipinski definition) is 5. The lowest BCUT2D eigenvalue weighted by Gasteiger charge is -2.08. The van der Waals surface area contributed by atoms with Crippen LogP contribution in [-0.4, -0.2) is 21.2 Å². The monoisotopic (exact) mass is 345 g/mol. The lowest BCUT2D eigenvalue weighted by atomic mass is 10.2. The van der Waals surface area contributed by atoms with Crippen molar-refractivity contribution in [2.75, 3.05) is 5.32 Å². The normalized spacial score (nSPS) is 10.4. The number of nitrogens with zero attached hydrogens (tertiary/aromatic N) is 2. The van der Waals surface area contributed by atoms with Crippen molar-refractivity contribution in [1.82, 2.24) is 9.97 Å². The highest BCUT2D eigenvalue weighted by Crippen LogP contribution is 2.28. The van der Waals surface area contributed by atoms with E-state index in [1.54, 1.807) is 18.3 Å². The number of benzene rings is 1. The SMILES string of the molecule is Cc1nc(-c2cc(Oc3ccc(NC(=O)O)c(F)c3)ccn2)cs1. The Balaban J connectivity index is 1.81. The van der Waals surface area contributed by atoms with Crippen molar-refractivity contribution in [3.05, 3.63) is 52.7 Å². The first-order valence-electron chi connectivity index (χ1n) is 6.87. The van der Waals surface area contributed by atoms with Gasteiger partial charge in [0.25, 0.3) is 0 Å².